The quantitative estimate of drug-likeness (QED) is 0.787. The molecule has 3 rings (SSSR count). The van der Waals surface area contributed by atoms with Crippen LogP contribution in [-0.4, -0.2) is 11.1 Å². The Labute approximate surface area is 129 Å². The van der Waals surface area contributed by atoms with Gasteiger partial charge in [-0.2, -0.15) is 0 Å². The molecular weight excluding hydrogens is 276 g/mol. The van der Waals surface area contributed by atoms with Gasteiger partial charge in [-0.15, -0.1) is 0 Å². The first kappa shape index (κ1) is 14.3. The first-order chi connectivity index (χ1) is 10.6. The van der Waals surface area contributed by atoms with Crippen LogP contribution in [0.3, 0.4) is 0 Å². The van der Waals surface area contributed by atoms with Crippen molar-refractivity contribution in [2.45, 2.75) is 26.2 Å². The molecule has 1 amide bonds. The van der Waals surface area contributed by atoms with Gasteiger partial charge < -0.3 is 9.84 Å². The lowest BCUT2D eigenvalue weighted by molar-refractivity contribution is -0.115. The van der Waals surface area contributed by atoms with Gasteiger partial charge in [0.25, 0.3) is 0 Å². The molecule has 0 atom stereocenters. The Morgan fingerprint density at radius 2 is 2.00 bits per heavy atom. The molecule has 3 aromatic rings. The van der Waals surface area contributed by atoms with Crippen molar-refractivity contribution in [2.24, 2.45) is 0 Å². The molecule has 22 heavy (non-hydrogen) atoms. The SMILES string of the molecule is CC(C)c1cccc(NC(=O)Cc2noc3ccccc23)c1. The third-order valence-corrected chi connectivity index (χ3v) is 3.62. The van der Waals surface area contributed by atoms with Gasteiger partial charge in [-0.1, -0.05) is 43.3 Å². The molecule has 4 heteroatoms. The van der Waals surface area contributed by atoms with Crippen molar-refractivity contribution < 1.29 is 9.32 Å². The molecule has 0 radical (unpaired) electrons. The second kappa shape index (κ2) is 6.02. The topological polar surface area (TPSA) is 55.1 Å². The average Bonchev–Trinajstić information content (AvgIpc) is 2.91. The Balaban J connectivity index is 1.74. The molecule has 0 unspecified atom stereocenters. The number of carbonyl (C=O) groups is 1. The van der Waals surface area contributed by atoms with E-state index >= 15 is 0 Å². The van der Waals surface area contributed by atoms with E-state index in [4.69, 9.17) is 4.52 Å². The van der Waals surface area contributed by atoms with E-state index in [2.05, 4.69) is 30.4 Å². The average molecular weight is 294 g/mol. The van der Waals surface area contributed by atoms with Gasteiger partial charge in [0.15, 0.2) is 5.58 Å². The fourth-order valence-corrected chi connectivity index (χ4v) is 2.40. The minimum absolute atomic E-state index is 0.0973. The Kier molecular flexibility index (Phi) is 3.92. The van der Waals surface area contributed by atoms with Gasteiger partial charge in [0, 0.05) is 11.1 Å². The van der Waals surface area contributed by atoms with E-state index in [0.717, 1.165) is 11.1 Å². The van der Waals surface area contributed by atoms with Crippen molar-refractivity contribution in [3.63, 3.8) is 0 Å². The maximum atomic E-state index is 12.2. The molecule has 0 aliphatic heterocycles. The number of nitrogens with one attached hydrogen (secondary N) is 1. The Morgan fingerprint density at radius 3 is 2.82 bits per heavy atom. The molecule has 0 aliphatic rings. The van der Waals surface area contributed by atoms with Crippen LogP contribution in [0.4, 0.5) is 5.69 Å². The summed E-state index contributed by atoms with van der Waals surface area (Å²) in [4.78, 5) is 12.2. The zero-order valence-electron chi connectivity index (χ0n) is 12.7. The van der Waals surface area contributed by atoms with Crippen LogP contribution in [0.1, 0.15) is 31.0 Å². The largest absolute Gasteiger partial charge is 0.356 e. The lowest BCUT2D eigenvalue weighted by Gasteiger charge is -2.09. The van der Waals surface area contributed by atoms with Gasteiger partial charge in [-0.25, -0.2) is 0 Å². The van der Waals surface area contributed by atoms with Crippen molar-refractivity contribution in [1.29, 1.82) is 0 Å². The fourth-order valence-electron chi connectivity index (χ4n) is 2.40. The fraction of sp³-hybridized carbons (Fsp3) is 0.222. The van der Waals surface area contributed by atoms with Crippen molar-refractivity contribution in [2.75, 3.05) is 5.32 Å². The number of fused-ring (bicyclic) bond motifs is 1. The normalized spacial score (nSPS) is 11.0. The van der Waals surface area contributed by atoms with Crippen molar-refractivity contribution in [3.05, 3.63) is 59.8 Å². The highest BCUT2D eigenvalue weighted by molar-refractivity contribution is 5.94. The predicted octanol–water partition coefficient (Wildman–Crippen LogP) is 4.13. The molecule has 1 aromatic heterocycles. The van der Waals surface area contributed by atoms with E-state index in [9.17, 15) is 4.79 Å². The summed E-state index contributed by atoms with van der Waals surface area (Å²) in [5, 5.41) is 7.79. The van der Waals surface area contributed by atoms with Crippen LogP contribution in [0.2, 0.25) is 0 Å². The third kappa shape index (κ3) is 3.01. The number of amides is 1. The lowest BCUT2D eigenvalue weighted by Crippen LogP contribution is -2.14. The highest BCUT2D eigenvalue weighted by Gasteiger charge is 2.12. The summed E-state index contributed by atoms with van der Waals surface area (Å²) in [6, 6.07) is 15.5. The van der Waals surface area contributed by atoms with Crippen LogP contribution < -0.4 is 5.32 Å². The maximum Gasteiger partial charge on any atom is 0.230 e. The smallest absolute Gasteiger partial charge is 0.230 e. The molecule has 1 N–H and O–H groups in total. The summed E-state index contributed by atoms with van der Waals surface area (Å²) in [7, 11) is 0. The van der Waals surface area contributed by atoms with Crippen molar-refractivity contribution >= 4 is 22.6 Å². The summed E-state index contributed by atoms with van der Waals surface area (Å²) in [5.41, 5.74) is 3.37. The van der Waals surface area contributed by atoms with Crippen LogP contribution >= 0.6 is 0 Å². The number of aromatic nitrogens is 1. The number of nitrogens with zero attached hydrogens (tertiary/aromatic N) is 1. The molecule has 4 nitrogen and oxygen atoms in total. The molecule has 0 aliphatic carbocycles. The summed E-state index contributed by atoms with van der Waals surface area (Å²) >= 11 is 0. The van der Waals surface area contributed by atoms with Gasteiger partial charge in [0.05, 0.1) is 6.42 Å². The first-order valence-corrected chi connectivity index (χ1v) is 7.36. The second-order valence-electron chi connectivity index (χ2n) is 5.63. The third-order valence-electron chi connectivity index (χ3n) is 3.62. The van der Waals surface area contributed by atoms with E-state index in [1.807, 2.05) is 42.5 Å². The van der Waals surface area contributed by atoms with E-state index in [1.165, 1.54) is 5.56 Å². The summed E-state index contributed by atoms with van der Waals surface area (Å²) < 4.78 is 5.22. The Bertz CT molecular complexity index is 805. The zero-order chi connectivity index (χ0) is 15.5. The molecule has 112 valence electrons. The highest BCUT2D eigenvalue weighted by Crippen LogP contribution is 2.20. The molecule has 1 heterocycles. The summed E-state index contributed by atoms with van der Waals surface area (Å²) in [6.07, 6.45) is 0.197. The van der Waals surface area contributed by atoms with Crippen LogP contribution in [-0.2, 0) is 11.2 Å². The summed E-state index contributed by atoms with van der Waals surface area (Å²) in [6.45, 7) is 4.25. The van der Waals surface area contributed by atoms with Gasteiger partial charge in [0.2, 0.25) is 5.91 Å². The van der Waals surface area contributed by atoms with E-state index in [1.54, 1.807) is 0 Å². The number of anilines is 1. The van der Waals surface area contributed by atoms with Gasteiger partial charge in [-0.05, 0) is 35.7 Å². The predicted molar refractivity (Wildman–Crippen MR) is 86.9 cm³/mol. The van der Waals surface area contributed by atoms with Gasteiger partial charge in [-0.3, -0.25) is 4.79 Å². The van der Waals surface area contributed by atoms with E-state index in [0.29, 0.717) is 17.2 Å². The van der Waals surface area contributed by atoms with Crippen molar-refractivity contribution in [3.8, 4) is 0 Å². The molecule has 0 fully saturated rings. The van der Waals surface area contributed by atoms with Crippen LogP contribution in [0.5, 0.6) is 0 Å². The van der Waals surface area contributed by atoms with Gasteiger partial charge in [0.1, 0.15) is 5.69 Å². The van der Waals surface area contributed by atoms with Crippen LogP contribution in [0.25, 0.3) is 11.0 Å². The molecule has 0 bridgehead atoms. The van der Waals surface area contributed by atoms with Crippen molar-refractivity contribution in [1.82, 2.24) is 5.16 Å². The Morgan fingerprint density at radius 1 is 1.18 bits per heavy atom. The number of rotatable bonds is 4. The minimum Gasteiger partial charge on any atom is -0.356 e. The lowest BCUT2D eigenvalue weighted by atomic mass is 10.0. The molecular formula is C18H18N2O2. The van der Waals surface area contributed by atoms with Crippen LogP contribution in [0.15, 0.2) is 53.1 Å². The molecule has 0 spiro atoms. The standard InChI is InChI=1S/C18H18N2O2/c1-12(2)13-6-5-7-14(10-13)19-18(21)11-16-15-8-3-4-9-17(15)22-20-16/h3-10,12H,11H2,1-2H3,(H,19,21). The second-order valence-corrected chi connectivity index (χ2v) is 5.63. The monoisotopic (exact) mass is 294 g/mol. The zero-order valence-corrected chi connectivity index (χ0v) is 12.7. The maximum absolute atomic E-state index is 12.2. The first-order valence-electron chi connectivity index (χ1n) is 7.36. The minimum atomic E-state index is -0.0973. The van der Waals surface area contributed by atoms with E-state index < -0.39 is 0 Å². The van der Waals surface area contributed by atoms with Gasteiger partial charge >= 0.3 is 0 Å². The Hall–Kier alpha value is -2.62. The summed E-state index contributed by atoms with van der Waals surface area (Å²) in [5.74, 6) is 0.330. The number of hydrogen-bond donors (Lipinski definition) is 1. The number of benzene rings is 2. The van der Waals surface area contributed by atoms with E-state index in [-0.39, 0.29) is 12.3 Å². The van der Waals surface area contributed by atoms with Crippen LogP contribution in [0, 0.1) is 0 Å². The molecule has 0 saturated carbocycles. The molecule has 0 saturated heterocycles. The highest BCUT2D eigenvalue weighted by atomic mass is 16.5. The molecule has 2 aromatic carbocycles. The number of para-hydroxylation sites is 1. The number of carbonyl (C=O) groups excluding carboxylic acids is 1. The number of hydrogen-bond acceptors (Lipinski definition) is 3.